The zero-order valence-electron chi connectivity index (χ0n) is 11.1. The zero-order valence-corrected chi connectivity index (χ0v) is 11.1. The van der Waals surface area contributed by atoms with E-state index < -0.39 is 0 Å². The molecule has 0 aliphatic carbocycles. The molecule has 18 heavy (non-hydrogen) atoms. The Bertz CT molecular complexity index is 544. The lowest BCUT2D eigenvalue weighted by Gasteiger charge is -2.07. The maximum atomic E-state index is 5.62. The largest absolute Gasteiger partial charge is 0.326 e. The van der Waals surface area contributed by atoms with Crippen LogP contribution >= 0.6 is 0 Å². The Hall–Kier alpha value is -1.75. The standard InChI is InChI=1S/C13H19N5/c1-4-11-6-12(5-2)18(17-11)13-15-8-10(7-14)9(3)16-13/h6,8H,4-5,7,14H2,1-3H3. The maximum Gasteiger partial charge on any atom is 0.250 e. The van der Waals surface area contributed by atoms with Crippen molar-refractivity contribution in [1.29, 1.82) is 0 Å². The number of aryl methyl sites for hydroxylation is 3. The zero-order chi connectivity index (χ0) is 13.1. The van der Waals surface area contributed by atoms with Gasteiger partial charge in [0.15, 0.2) is 0 Å². The SMILES string of the molecule is CCc1cc(CC)n(-c2ncc(CN)c(C)n2)n1. The summed E-state index contributed by atoms with van der Waals surface area (Å²) in [5.41, 5.74) is 9.70. The van der Waals surface area contributed by atoms with Crippen molar-refractivity contribution in [2.75, 3.05) is 0 Å². The minimum atomic E-state index is 0.464. The third kappa shape index (κ3) is 2.26. The summed E-state index contributed by atoms with van der Waals surface area (Å²) in [4.78, 5) is 8.83. The molecule has 2 aromatic rings. The molecule has 0 aliphatic heterocycles. The van der Waals surface area contributed by atoms with Crippen LogP contribution in [0.25, 0.3) is 5.95 Å². The number of aromatic nitrogens is 4. The van der Waals surface area contributed by atoms with Crippen molar-refractivity contribution in [3.05, 3.63) is 34.9 Å². The number of nitrogens with zero attached hydrogens (tertiary/aromatic N) is 4. The molecule has 2 heterocycles. The van der Waals surface area contributed by atoms with Gasteiger partial charge >= 0.3 is 0 Å². The maximum absolute atomic E-state index is 5.62. The lowest BCUT2D eigenvalue weighted by atomic mass is 10.2. The molecule has 0 atom stereocenters. The number of hydrogen-bond donors (Lipinski definition) is 1. The first kappa shape index (κ1) is 12.7. The second-order valence-electron chi connectivity index (χ2n) is 4.23. The average molecular weight is 245 g/mol. The molecule has 0 fully saturated rings. The van der Waals surface area contributed by atoms with Crippen LogP contribution in [0.1, 0.15) is 36.5 Å². The number of rotatable bonds is 4. The Balaban J connectivity index is 2.47. The van der Waals surface area contributed by atoms with Gasteiger partial charge in [0, 0.05) is 29.7 Å². The normalized spacial score (nSPS) is 10.9. The summed E-state index contributed by atoms with van der Waals surface area (Å²) in [6, 6.07) is 2.11. The second-order valence-corrected chi connectivity index (χ2v) is 4.23. The van der Waals surface area contributed by atoms with Gasteiger partial charge in [-0.3, -0.25) is 0 Å². The summed E-state index contributed by atoms with van der Waals surface area (Å²) in [5.74, 6) is 0.626. The summed E-state index contributed by atoms with van der Waals surface area (Å²) in [6.07, 6.45) is 3.61. The molecule has 2 N–H and O–H groups in total. The van der Waals surface area contributed by atoms with E-state index in [0.29, 0.717) is 12.5 Å². The first-order valence-electron chi connectivity index (χ1n) is 6.30. The van der Waals surface area contributed by atoms with Crippen LogP contribution in [0, 0.1) is 6.92 Å². The fourth-order valence-electron chi connectivity index (χ4n) is 1.85. The van der Waals surface area contributed by atoms with E-state index in [-0.39, 0.29) is 0 Å². The smallest absolute Gasteiger partial charge is 0.250 e. The van der Waals surface area contributed by atoms with Gasteiger partial charge in [0.2, 0.25) is 0 Å². The Kier molecular flexibility index (Phi) is 3.72. The molecule has 0 amide bonds. The third-order valence-electron chi connectivity index (χ3n) is 3.04. The van der Waals surface area contributed by atoms with Gasteiger partial charge in [-0.15, -0.1) is 0 Å². The molecule has 0 bridgehead atoms. The molecular weight excluding hydrogens is 226 g/mol. The van der Waals surface area contributed by atoms with Crippen molar-refractivity contribution in [2.24, 2.45) is 5.73 Å². The van der Waals surface area contributed by atoms with E-state index in [4.69, 9.17) is 5.73 Å². The monoisotopic (exact) mass is 245 g/mol. The van der Waals surface area contributed by atoms with E-state index in [9.17, 15) is 0 Å². The molecular formula is C13H19N5. The highest BCUT2D eigenvalue weighted by molar-refractivity contribution is 5.24. The Labute approximate surface area is 107 Å². The molecule has 0 saturated heterocycles. The van der Waals surface area contributed by atoms with Crippen LogP contribution in [0.4, 0.5) is 0 Å². The van der Waals surface area contributed by atoms with Crippen molar-refractivity contribution in [1.82, 2.24) is 19.7 Å². The van der Waals surface area contributed by atoms with Crippen LogP contribution in [0.5, 0.6) is 0 Å². The van der Waals surface area contributed by atoms with E-state index in [2.05, 4.69) is 35.0 Å². The van der Waals surface area contributed by atoms with Gasteiger partial charge in [0.05, 0.1) is 5.69 Å². The van der Waals surface area contributed by atoms with Crippen LogP contribution in [0.3, 0.4) is 0 Å². The summed E-state index contributed by atoms with van der Waals surface area (Å²) in [5, 5.41) is 4.53. The summed E-state index contributed by atoms with van der Waals surface area (Å²) in [6.45, 7) is 6.61. The average Bonchev–Trinajstić information content (AvgIpc) is 2.82. The van der Waals surface area contributed by atoms with Gasteiger partial charge < -0.3 is 5.73 Å². The minimum absolute atomic E-state index is 0.464. The highest BCUT2D eigenvalue weighted by Gasteiger charge is 2.10. The molecule has 5 nitrogen and oxygen atoms in total. The van der Waals surface area contributed by atoms with Crippen LogP contribution in [0.2, 0.25) is 0 Å². The molecule has 0 saturated carbocycles. The first-order valence-corrected chi connectivity index (χ1v) is 6.30. The minimum Gasteiger partial charge on any atom is -0.326 e. The third-order valence-corrected chi connectivity index (χ3v) is 3.04. The Morgan fingerprint density at radius 1 is 1.28 bits per heavy atom. The van der Waals surface area contributed by atoms with E-state index in [1.54, 1.807) is 6.20 Å². The van der Waals surface area contributed by atoms with Crippen molar-refractivity contribution in [3.63, 3.8) is 0 Å². The van der Waals surface area contributed by atoms with Crippen LogP contribution in [-0.4, -0.2) is 19.7 Å². The highest BCUT2D eigenvalue weighted by Crippen LogP contribution is 2.12. The molecule has 0 aromatic carbocycles. The van der Waals surface area contributed by atoms with E-state index in [0.717, 1.165) is 35.5 Å². The first-order chi connectivity index (χ1) is 8.69. The fourth-order valence-corrected chi connectivity index (χ4v) is 1.85. The van der Waals surface area contributed by atoms with Crippen molar-refractivity contribution >= 4 is 0 Å². The molecule has 0 unspecified atom stereocenters. The van der Waals surface area contributed by atoms with Gasteiger partial charge in [-0.2, -0.15) is 5.10 Å². The predicted molar refractivity (Wildman–Crippen MR) is 70.5 cm³/mol. The van der Waals surface area contributed by atoms with E-state index in [1.807, 2.05) is 11.6 Å². The van der Waals surface area contributed by atoms with Gasteiger partial charge in [-0.05, 0) is 25.8 Å². The van der Waals surface area contributed by atoms with Gasteiger partial charge in [0.25, 0.3) is 5.95 Å². The topological polar surface area (TPSA) is 69.6 Å². The lowest BCUT2D eigenvalue weighted by molar-refractivity contribution is 0.737. The quantitative estimate of drug-likeness (QED) is 0.887. The van der Waals surface area contributed by atoms with Gasteiger partial charge in [-0.1, -0.05) is 13.8 Å². The van der Waals surface area contributed by atoms with Gasteiger partial charge in [-0.25, -0.2) is 14.6 Å². The molecule has 2 aromatic heterocycles. The Morgan fingerprint density at radius 2 is 2.06 bits per heavy atom. The summed E-state index contributed by atoms with van der Waals surface area (Å²) in [7, 11) is 0. The molecule has 2 rings (SSSR count). The predicted octanol–water partition coefficient (Wildman–Crippen LogP) is 1.55. The van der Waals surface area contributed by atoms with Crippen molar-refractivity contribution in [3.8, 4) is 5.95 Å². The number of hydrogen-bond acceptors (Lipinski definition) is 4. The molecule has 0 aliphatic rings. The van der Waals surface area contributed by atoms with Crippen LogP contribution < -0.4 is 5.73 Å². The molecule has 5 heteroatoms. The lowest BCUT2D eigenvalue weighted by Crippen LogP contribution is -2.10. The van der Waals surface area contributed by atoms with Crippen molar-refractivity contribution < 1.29 is 0 Å². The van der Waals surface area contributed by atoms with E-state index in [1.165, 1.54) is 0 Å². The fraction of sp³-hybridized carbons (Fsp3) is 0.462. The Morgan fingerprint density at radius 3 is 2.61 bits per heavy atom. The van der Waals surface area contributed by atoms with Crippen LogP contribution in [-0.2, 0) is 19.4 Å². The molecule has 96 valence electrons. The molecule has 0 radical (unpaired) electrons. The summed E-state index contributed by atoms with van der Waals surface area (Å²) >= 11 is 0. The van der Waals surface area contributed by atoms with E-state index >= 15 is 0 Å². The van der Waals surface area contributed by atoms with Crippen molar-refractivity contribution in [2.45, 2.75) is 40.2 Å². The summed E-state index contributed by atoms with van der Waals surface area (Å²) < 4.78 is 1.83. The number of nitrogens with two attached hydrogens (primary N) is 1. The van der Waals surface area contributed by atoms with Gasteiger partial charge in [0.1, 0.15) is 0 Å². The highest BCUT2D eigenvalue weighted by atomic mass is 15.4. The molecule has 0 spiro atoms. The van der Waals surface area contributed by atoms with Crippen LogP contribution in [0.15, 0.2) is 12.3 Å². The second kappa shape index (κ2) is 5.27.